The van der Waals surface area contributed by atoms with Crippen LogP contribution in [-0.4, -0.2) is 0 Å². The molecule has 1 aromatic rings. The zero-order valence-corrected chi connectivity index (χ0v) is 13.0. The van der Waals surface area contributed by atoms with Gasteiger partial charge >= 0.3 is 0 Å². The lowest BCUT2D eigenvalue weighted by molar-refractivity contribution is 0.584. The first-order chi connectivity index (χ1) is 7.80. The van der Waals surface area contributed by atoms with E-state index in [1.807, 2.05) is 13.8 Å². The van der Waals surface area contributed by atoms with Crippen LogP contribution < -0.4 is 0 Å². The van der Waals surface area contributed by atoms with E-state index < -0.39 is 0 Å². The van der Waals surface area contributed by atoms with E-state index in [0.717, 1.165) is 5.92 Å². The van der Waals surface area contributed by atoms with Crippen LogP contribution in [-0.2, 0) is 11.8 Å². The molecule has 0 saturated carbocycles. The van der Waals surface area contributed by atoms with Gasteiger partial charge in [0, 0.05) is 0 Å². The highest BCUT2D eigenvalue weighted by molar-refractivity contribution is 5.35. The lowest BCUT2D eigenvalue weighted by Crippen LogP contribution is -2.13. The second kappa shape index (κ2) is 6.83. The Hall–Kier alpha value is -0.780. The number of aryl methyl sites for hydroxylation is 1. The highest BCUT2D eigenvalue weighted by Crippen LogP contribution is 2.26. The average Bonchev–Trinajstić information content (AvgIpc) is 2.17. The van der Waals surface area contributed by atoms with Crippen molar-refractivity contribution >= 4 is 0 Å². The first-order valence-electron chi connectivity index (χ1n) is 6.90. The SMILES string of the molecule is CC.Cc1cc(CC(C)C)ccc1C(C)(C)C. The summed E-state index contributed by atoms with van der Waals surface area (Å²) in [5.74, 6) is 0.741. The maximum atomic E-state index is 2.35. The van der Waals surface area contributed by atoms with E-state index in [4.69, 9.17) is 0 Å². The molecule has 0 heterocycles. The first kappa shape index (κ1) is 16.2. The predicted molar refractivity (Wildman–Crippen MR) is 79.8 cm³/mol. The van der Waals surface area contributed by atoms with Crippen molar-refractivity contribution in [1.82, 2.24) is 0 Å². The van der Waals surface area contributed by atoms with Gasteiger partial charge in [0.25, 0.3) is 0 Å². The van der Waals surface area contributed by atoms with E-state index in [2.05, 4.69) is 59.7 Å². The number of benzene rings is 1. The van der Waals surface area contributed by atoms with E-state index in [-0.39, 0.29) is 5.41 Å². The third-order valence-corrected chi connectivity index (χ3v) is 2.74. The van der Waals surface area contributed by atoms with Crippen LogP contribution in [0, 0.1) is 12.8 Å². The highest BCUT2D eigenvalue weighted by Gasteiger charge is 2.15. The topological polar surface area (TPSA) is 0 Å². The predicted octanol–water partition coefficient (Wildman–Crippen LogP) is 5.52. The lowest BCUT2D eigenvalue weighted by atomic mass is 9.83. The van der Waals surface area contributed by atoms with Crippen LogP contribution in [0.25, 0.3) is 0 Å². The van der Waals surface area contributed by atoms with Crippen molar-refractivity contribution in [2.24, 2.45) is 5.92 Å². The molecule has 1 aromatic carbocycles. The second-order valence-electron chi connectivity index (χ2n) is 6.00. The van der Waals surface area contributed by atoms with Crippen LogP contribution in [0.4, 0.5) is 0 Å². The van der Waals surface area contributed by atoms with Crippen LogP contribution in [0.3, 0.4) is 0 Å². The Morgan fingerprint density at radius 1 is 1.06 bits per heavy atom. The average molecular weight is 234 g/mol. The van der Waals surface area contributed by atoms with Crippen molar-refractivity contribution < 1.29 is 0 Å². The summed E-state index contributed by atoms with van der Waals surface area (Å²) in [6, 6.07) is 6.93. The van der Waals surface area contributed by atoms with Crippen molar-refractivity contribution in [2.45, 2.75) is 67.2 Å². The Morgan fingerprint density at radius 3 is 1.94 bits per heavy atom. The van der Waals surface area contributed by atoms with Gasteiger partial charge in [-0.05, 0) is 41.4 Å². The Kier molecular flexibility index (Phi) is 6.52. The van der Waals surface area contributed by atoms with Crippen LogP contribution in [0.5, 0.6) is 0 Å². The van der Waals surface area contributed by atoms with Gasteiger partial charge in [-0.2, -0.15) is 0 Å². The largest absolute Gasteiger partial charge is 0.0683 e. The summed E-state index contributed by atoms with van der Waals surface area (Å²) in [7, 11) is 0. The summed E-state index contributed by atoms with van der Waals surface area (Å²) in [5.41, 5.74) is 4.63. The van der Waals surface area contributed by atoms with Gasteiger partial charge in [-0.15, -0.1) is 0 Å². The zero-order valence-electron chi connectivity index (χ0n) is 13.0. The molecule has 0 spiro atoms. The molecule has 0 aliphatic heterocycles. The Bertz CT molecular complexity index is 326. The number of hydrogen-bond acceptors (Lipinski definition) is 0. The quantitative estimate of drug-likeness (QED) is 0.632. The van der Waals surface area contributed by atoms with Gasteiger partial charge in [-0.3, -0.25) is 0 Å². The molecule has 0 unspecified atom stereocenters. The summed E-state index contributed by atoms with van der Waals surface area (Å²) < 4.78 is 0. The summed E-state index contributed by atoms with van der Waals surface area (Å²) in [6.45, 7) is 17.6. The molecule has 0 bridgehead atoms. The molecule has 1 rings (SSSR count). The molecule has 0 radical (unpaired) electrons. The van der Waals surface area contributed by atoms with Crippen LogP contribution in [0.15, 0.2) is 18.2 Å². The van der Waals surface area contributed by atoms with E-state index >= 15 is 0 Å². The monoisotopic (exact) mass is 234 g/mol. The van der Waals surface area contributed by atoms with Crippen LogP contribution >= 0.6 is 0 Å². The number of hydrogen-bond donors (Lipinski definition) is 0. The molecular weight excluding hydrogens is 204 g/mol. The first-order valence-corrected chi connectivity index (χ1v) is 6.90. The van der Waals surface area contributed by atoms with Gasteiger partial charge < -0.3 is 0 Å². The molecule has 0 aliphatic carbocycles. The minimum atomic E-state index is 0.264. The zero-order chi connectivity index (χ0) is 13.6. The van der Waals surface area contributed by atoms with Crippen molar-refractivity contribution in [3.05, 3.63) is 34.9 Å². The molecular formula is C17H30. The minimum Gasteiger partial charge on any atom is -0.0683 e. The molecule has 0 heteroatoms. The molecule has 0 saturated heterocycles. The molecule has 0 aliphatic rings. The van der Waals surface area contributed by atoms with Crippen LogP contribution in [0.2, 0.25) is 0 Å². The van der Waals surface area contributed by atoms with Gasteiger partial charge in [0.05, 0.1) is 0 Å². The summed E-state index contributed by atoms with van der Waals surface area (Å²) in [5, 5.41) is 0. The Balaban J connectivity index is 0.00000121. The molecule has 0 N–H and O–H groups in total. The lowest BCUT2D eigenvalue weighted by Gasteiger charge is -2.22. The van der Waals surface area contributed by atoms with Gasteiger partial charge in [-0.25, -0.2) is 0 Å². The molecule has 0 aromatic heterocycles. The van der Waals surface area contributed by atoms with Gasteiger partial charge in [-0.1, -0.05) is 66.7 Å². The van der Waals surface area contributed by atoms with Gasteiger partial charge in [0.1, 0.15) is 0 Å². The van der Waals surface area contributed by atoms with Crippen molar-refractivity contribution in [1.29, 1.82) is 0 Å². The molecule has 98 valence electrons. The third-order valence-electron chi connectivity index (χ3n) is 2.74. The standard InChI is InChI=1S/C15H24.C2H6/c1-11(2)9-13-7-8-14(12(3)10-13)15(4,5)6;1-2/h7-8,10-11H,9H2,1-6H3;1-2H3. The third kappa shape index (κ3) is 5.39. The van der Waals surface area contributed by atoms with E-state index in [9.17, 15) is 0 Å². The maximum absolute atomic E-state index is 2.35. The van der Waals surface area contributed by atoms with E-state index in [1.165, 1.54) is 23.1 Å². The maximum Gasteiger partial charge on any atom is -0.0129 e. The second-order valence-corrected chi connectivity index (χ2v) is 6.00. The van der Waals surface area contributed by atoms with Gasteiger partial charge in [0.2, 0.25) is 0 Å². The molecule has 0 fully saturated rings. The summed E-state index contributed by atoms with van der Waals surface area (Å²) in [4.78, 5) is 0. The molecule has 0 atom stereocenters. The Morgan fingerprint density at radius 2 is 1.59 bits per heavy atom. The van der Waals surface area contributed by atoms with Crippen LogP contribution in [0.1, 0.15) is 65.2 Å². The van der Waals surface area contributed by atoms with Crippen molar-refractivity contribution in [3.8, 4) is 0 Å². The normalized spacial score (nSPS) is 11.1. The van der Waals surface area contributed by atoms with Crippen molar-refractivity contribution in [3.63, 3.8) is 0 Å². The number of rotatable bonds is 2. The minimum absolute atomic E-state index is 0.264. The molecule has 17 heavy (non-hydrogen) atoms. The van der Waals surface area contributed by atoms with Crippen molar-refractivity contribution in [2.75, 3.05) is 0 Å². The molecule has 0 amide bonds. The fraction of sp³-hybridized carbons (Fsp3) is 0.647. The fourth-order valence-electron chi connectivity index (χ4n) is 2.17. The van der Waals surface area contributed by atoms with E-state index in [1.54, 1.807) is 0 Å². The molecule has 0 nitrogen and oxygen atoms in total. The summed E-state index contributed by atoms with van der Waals surface area (Å²) in [6.07, 6.45) is 1.19. The summed E-state index contributed by atoms with van der Waals surface area (Å²) >= 11 is 0. The van der Waals surface area contributed by atoms with Gasteiger partial charge in [0.15, 0.2) is 0 Å². The smallest absolute Gasteiger partial charge is 0.0129 e. The Labute approximate surface area is 108 Å². The van der Waals surface area contributed by atoms with E-state index in [0.29, 0.717) is 0 Å². The fourth-order valence-corrected chi connectivity index (χ4v) is 2.17. The highest BCUT2D eigenvalue weighted by atomic mass is 14.2.